The van der Waals surface area contributed by atoms with Crippen molar-refractivity contribution in [2.24, 2.45) is 0 Å². The van der Waals surface area contributed by atoms with Crippen LogP contribution < -0.4 is 5.73 Å². The van der Waals surface area contributed by atoms with Gasteiger partial charge in [0.1, 0.15) is 5.82 Å². The van der Waals surface area contributed by atoms with Crippen LogP contribution in [-0.2, 0) is 14.5 Å². The van der Waals surface area contributed by atoms with Crippen molar-refractivity contribution in [1.29, 1.82) is 0 Å². The molecule has 0 unspecified atom stereocenters. The molecule has 3 aromatic rings. The summed E-state index contributed by atoms with van der Waals surface area (Å²) >= 11 is 1.65. The Morgan fingerprint density at radius 3 is 2.56 bits per heavy atom. The summed E-state index contributed by atoms with van der Waals surface area (Å²) in [7, 11) is -3.15. The molecule has 0 spiro atoms. The molecule has 0 amide bonds. The van der Waals surface area contributed by atoms with Crippen LogP contribution in [0.2, 0.25) is 0 Å². The first kappa shape index (κ1) is 19.3. The summed E-state index contributed by atoms with van der Waals surface area (Å²) in [5.74, 6) is -0.580. The molecule has 0 saturated carbocycles. The number of carbonyl (C=O) groups is 1. The van der Waals surface area contributed by atoms with Crippen LogP contribution in [-0.4, -0.2) is 45.4 Å². The van der Waals surface area contributed by atoms with E-state index in [0.29, 0.717) is 17.7 Å². The Morgan fingerprint density at radius 2 is 1.89 bits per heavy atom. The molecule has 1 aromatic heterocycles. The molecule has 27 heavy (non-hydrogen) atoms. The standard InChI is InChI=1S/C18H15AsFN3O3S/c19-27(25,26)9-8-12-2-1-3-13(10-12)17(24)16-11-22-23(18(16)21)15-6-4-14(20)5-7-15/h1-7,10-11H,8-9,21H2. The van der Waals surface area contributed by atoms with Gasteiger partial charge in [-0.15, -0.1) is 0 Å². The minimum absolute atomic E-state index is 0.0186. The molecule has 0 bridgehead atoms. The van der Waals surface area contributed by atoms with Gasteiger partial charge in [-0.2, -0.15) is 0 Å². The number of aromatic nitrogens is 2. The van der Waals surface area contributed by atoms with Gasteiger partial charge in [-0.1, -0.05) is 0 Å². The van der Waals surface area contributed by atoms with Gasteiger partial charge in [-0.3, -0.25) is 0 Å². The van der Waals surface area contributed by atoms with E-state index in [1.807, 2.05) is 0 Å². The zero-order valence-electron chi connectivity index (χ0n) is 14.0. The average molecular weight is 447 g/mol. The van der Waals surface area contributed by atoms with E-state index >= 15 is 0 Å². The van der Waals surface area contributed by atoms with Crippen molar-refractivity contribution >= 4 is 35.4 Å². The minimum atomic E-state index is -3.15. The normalized spacial score (nSPS) is 11.5. The van der Waals surface area contributed by atoms with E-state index in [1.54, 1.807) is 40.0 Å². The molecule has 9 heteroatoms. The predicted octanol–water partition coefficient (Wildman–Crippen LogP) is 1.87. The second-order valence-corrected chi connectivity index (χ2v) is 11.0. The fraction of sp³-hybridized carbons (Fsp3) is 0.111. The number of nitrogens with zero attached hydrogens (tertiary/aromatic N) is 2. The van der Waals surface area contributed by atoms with Crippen molar-refractivity contribution < 1.29 is 17.6 Å². The third-order valence-corrected chi connectivity index (χ3v) is 5.83. The van der Waals surface area contributed by atoms with Crippen LogP contribution in [0.25, 0.3) is 5.69 Å². The summed E-state index contributed by atoms with van der Waals surface area (Å²) in [5, 5.41) is 4.12. The molecule has 2 N–H and O–H groups in total. The molecule has 2 aromatic carbocycles. The molecule has 0 aliphatic carbocycles. The molecule has 2 radical (unpaired) electrons. The van der Waals surface area contributed by atoms with E-state index in [4.69, 9.17) is 5.73 Å². The molecular weight excluding hydrogens is 432 g/mol. The fourth-order valence-electron chi connectivity index (χ4n) is 2.59. The van der Waals surface area contributed by atoms with Gasteiger partial charge < -0.3 is 0 Å². The number of anilines is 1. The molecule has 138 valence electrons. The summed E-state index contributed by atoms with van der Waals surface area (Å²) in [5.41, 5.74) is 7.95. The summed E-state index contributed by atoms with van der Waals surface area (Å²) in [6.45, 7) is 0. The van der Waals surface area contributed by atoms with E-state index in [0.717, 1.165) is 5.56 Å². The van der Waals surface area contributed by atoms with Crippen LogP contribution in [0.3, 0.4) is 0 Å². The van der Waals surface area contributed by atoms with Gasteiger partial charge in [0, 0.05) is 0 Å². The Bertz CT molecular complexity index is 1100. The van der Waals surface area contributed by atoms with Crippen molar-refractivity contribution in [3.05, 3.63) is 77.2 Å². The number of aryl methyl sites for hydroxylation is 1. The quantitative estimate of drug-likeness (QED) is 0.460. The average Bonchev–Trinajstić information content (AvgIpc) is 3.01. The number of nitrogens with two attached hydrogens (primary N) is 1. The van der Waals surface area contributed by atoms with Crippen molar-refractivity contribution in [1.82, 2.24) is 9.78 Å². The number of benzene rings is 2. The molecule has 0 aliphatic rings. The first-order chi connectivity index (χ1) is 12.7. The molecular formula is C18H15AsFN3O3S. The second-order valence-electron chi connectivity index (χ2n) is 5.90. The Balaban J connectivity index is 1.87. The molecule has 0 saturated heterocycles. The molecule has 3 rings (SSSR count). The number of hydrogen-bond acceptors (Lipinski definition) is 5. The third-order valence-electron chi connectivity index (χ3n) is 3.96. The van der Waals surface area contributed by atoms with Crippen molar-refractivity contribution in [2.75, 3.05) is 11.5 Å². The van der Waals surface area contributed by atoms with E-state index in [1.165, 1.54) is 35.1 Å². The van der Waals surface area contributed by atoms with Crippen LogP contribution in [0.1, 0.15) is 21.5 Å². The van der Waals surface area contributed by atoms with E-state index in [-0.39, 0.29) is 28.7 Å². The van der Waals surface area contributed by atoms with Gasteiger partial charge in [0.05, 0.1) is 0 Å². The number of carbonyl (C=O) groups excluding carboxylic acids is 1. The van der Waals surface area contributed by atoms with Gasteiger partial charge in [0.25, 0.3) is 0 Å². The third kappa shape index (κ3) is 4.64. The van der Waals surface area contributed by atoms with Gasteiger partial charge in [-0.05, 0) is 12.1 Å². The fourth-order valence-corrected chi connectivity index (χ4v) is 3.66. The van der Waals surface area contributed by atoms with Crippen LogP contribution in [0.5, 0.6) is 0 Å². The van der Waals surface area contributed by atoms with Crippen LogP contribution in [0, 0.1) is 5.82 Å². The first-order valence-corrected chi connectivity index (χ1v) is 11.8. The summed E-state index contributed by atoms with van der Waals surface area (Å²) in [6.07, 6.45) is 1.67. The summed E-state index contributed by atoms with van der Waals surface area (Å²) < 4.78 is 37.0. The Kier molecular flexibility index (Phi) is 5.48. The van der Waals surface area contributed by atoms with Crippen molar-refractivity contribution in [3.63, 3.8) is 0 Å². The van der Waals surface area contributed by atoms with E-state index in [2.05, 4.69) is 5.10 Å². The number of ketones is 1. The van der Waals surface area contributed by atoms with Crippen molar-refractivity contribution in [3.8, 4) is 5.69 Å². The number of nitrogen functional groups attached to an aromatic ring is 1. The topological polar surface area (TPSA) is 95.1 Å². The van der Waals surface area contributed by atoms with E-state index < -0.39 is 8.10 Å². The van der Waals surface area contributed by atoms with Crippen LogP contribution >= 0.6 is 0 Å². The monoisotopic (exact) mass is 447 g/mol. The SMILES string of the molecule is Nc1c(C(=O)c2cccc(CCS(=O)(=O)[As])c2)cnn1-c1ccc(F)cc1. The first-order valence-electron chi connectivity index (χ1n) is 7.93. The molecule has 0 fully saturated rings. The Hall–Kier alpha value is -2.44. The zero-order chi connectivity index (χ0) is 19.6. The molecule has 1 heterocycles. The Morgan fingerprint density at radius 1 is 1.19 bits per heavy atom. The number of rotatable bonds is 6. The smallest absolute Gasteiger partial charge is 0.207 e. The predicted molar refractivity (Wildman–Crippen MR) is 101 cm³/mol. The summed E-state index contributed by atoms with van der Waals surface area (Å²) in [4.78, 5) is 12.8. The van der Waals surface area contributed by atoms with Gasteiger partial charge in [0.2, 0.25) is 0 Å². The van der Waals surface area contributed by atoms with Crippen LogP contribution in [0.4, 0.5) is 10.2 Å². The summed E-state index contributed by atoms with van der Waals surface area (Å²) in [6, 6.07) is 12.3. The maximum atomic E-state index is 13.1. The Labute approximate surface area is 163 Å². The van der Waals surface area contributed by atoms with Gasteiger partial charge >= 0.3 is 141 Å². The number of hydrogen-bond donors (Lipinski definition) is 1. The second kappa shape index (κ2) is 7.66. The van der Waals surface area contributed by atoms with E-state index in [9.17, 15) is 17.6 Å². The minimum Gasteiger partial charge on any atom is -0.207 e. The van der Waals surface area contributed by atoms with Gasteiger partial charge in [0.15, 0.2) is 0 Å². The van der Waals surface area contributed by atoms with Gasteiger partial charge in [-0.25, -0.2) is 4.39 Å². The molecule has 0 atom stereocenters. The number of halogens is 1. The zero-order valence-corrected chi connectivity index (χ0v) is 16.7. The maximum absolute atomic E-state index is 13.1. The molecule has 0 aliphatic heterocycles. The molecule has 6 nitrogen and oxygen atoms in total. The van der Waals surface area contributed by atoms with Crippen LogP contribution in [0.15, 0.2) is 54.7 Å². The van der Waals surface area contributed by atoms with Crippen molar-refractivity contribution in [2.45, 2.75) is 6.42 Å².